The fourth-order valence-corrected chi connectivity index (χ4v) is 2.61. The molecule has 0 bridgehead atoms. The zero-order valence-electron chi connectivity index (χ0n) is 14.1. The third-order valence-corrected chi connectivity index (χ3v) is 4.59. The molecule has 0 unspecified atom stereocenters. The summed E-state index contributed by atoms with van der Waals surface area (Å²) in [6, 6.07) is 6.45. The van der Waals surface area contributed by atoms with Crippen LogP contribution in [0.4, 0.5) is 0 Å². The first kappa shape index (κ1) is 21.0. The Morgan fingerprint density at radius 1 is 1.25 bits per heavy atom. The Kier molecular flexibility index (Phi) is 8.82. The monoisotopic (exact) mass is 467 g/mol. The SMILES string of the molecule is CCNC(=NCC1CC1)NCCOc1ccc(S(C)(=O)=O)cc1.I. The molecule has 0 heterocycles. The van der Waals surface area contributed by atoms with Gasteiger partial charge in [0.15, 0.2) is 15.8 Å². The predicted molar refractivity (Wildman–Crippen MR) is 107 cm³/mol. The summed E-state index contributed by atoms with van der Waals surface area (Å²) in [5, 5.41) is 6.43. The molecular formula is C16H26IN3O3S. The molecule has 0 radical (unpaired) electrons. The van der Waals surface area contributed by atoms with Gasteiger partial charge in [0.05, 0.1) is 11.4 Å². The number of sulfone groups is 1. The molecule has 136 valence electrons. The zero-order chi connectivity index (χ0) is 16.7. The van der Waals surface area contributed by atoms with Crippen LogP contribution < -0.4 is 15.4 Å². The highest BCUT2D eigenvalue weighted by Gasteiger charge is 2.20. The molecule has 0 aliphatic heterocycles. The second-order valence-electron chi connectivity index (χ2n) is 5.68. The lowest BCUT2D eigenvalue weighted by molar-refractivity contribution is 0.321. The Morgan fingerprint density at radius 3 is 2.46 bits per heavy atom. The largest absolute Gasteiger partial charge is 0.492 e. The van der Waals surface area contributed by atoms with Gasteiger partial charge >= 0.3 is 0 Å². The number of nitrogens with zero attached hydrogens (tertiary/aromatic N) is 1. The van der Waals surface area contributed by atoms with Gasteiger partial charge in [0.25, 0.3) is 0 Å². The first-order valence-corrected chi connectivity index (χ1v) is 9.83. The van der Waals surface area contributed by atoms with Crippen LogP contribution in [0.25, 0.3) is 0 Å². The molecule has 1 saturated carbocycles. The highest BCUT2D eigenvalue weighted by Crippen LogP contribution is 2.28. The number of hydrogen-bond donors (Lipinski definition) is 2. The lowest BCUT2D eigenvalue weighted by Gasteiger charge is -2.12. The van der Waals surface area contributed by atoms with E-state index in [1.54, 1.807) is 24.3 Å². The molecule has 0 atom stereocenters. The van der Waals surface area contributed by atoms with Crippen molar-refractivity contribution in [2.24, 2.45) is 10.9 Å². The van der Waals surface area contributed by atoms with Crippen molar-refractivity contribution in [1.29, 1.82) is 0 Å². The van der Waals surface area contributed by atoms with E-state index in [-0.39, 0.29) is 24.0 Å². The Morgan fingerprint density at radius 2 is 1.92 bits per heavy atom. The van der Waals surface area contributed by atoms with E-state index in [9.17, 15) is 8.42 Å². The third-order valence-electron chi connectivity index (χ3n) is 3.46. The van der Waals surface area contributed by atoms with E-state index >= 15 is 0 Å². The van der Waals surface area contributed by atoms with Crippen LogP contribution in [0.15, 0.2) is 34.2 Å². The fourth-order valence-electron chi connectivity index (χ4n) is 1.98. The number of halogens is 1. The van der Waals surface area contributed by atoms with E-state index in [1.165, 1.54) is 19.1 Å². The van der Waals surface area contributed by atoms with Crippen molar-refractivity contribution in [3.8, 4) is 5.75 Å². The molecule has 1 fully saturated rings. The van der Waals surface area contributed by atoms with E-state index < -0.39 is 9.84 Å². The number of guanidine groups is 1. The Bertz CT molecular complexity index is 628. The van der Waals surface area contributed by atoms with Crippen LogP contribution in [0.5, 0.6) is 5.75 Å². The van der Waals surface area contributed by atoms with E-state index in [2.05, 4.69) is 15.6 Å². The molecule has 2 N–H and O–H groups in total. The van der Waals surface area contributed by atoms with Gasteiger partial charge in [-0.25, -0.2) is 8.42 Å². The number of ether oxygens (including phenoxy) is 1. The first-order valence-electron chi connectivity index (χ1n) is 7.94. The number of nitrogens with one attached hydrogen (secondary N) is 2. The van der Waals surface area contributed by atoms with Crippen molar-refractivity contribution >= 4 is 39.8 Å². The lowest BCUT2D eigenvalue weighted by atomic mass is 10.3. The van der Waals surface area contributed by atoms with Crippen molar-refractivity contribution in [3.63, 3.8) is 0 Å². The van der Waals surface area contributed by atoms with Crippen LogP contribution in [-0.4, -0.2) is 46.9 Å². The van der Waals surface area contributed by atoms with Crippen molar-refractivity contribution in [1.82, 2.24) is 10.6 Å². The van der Waals surface area contributed by atoms with Crippen molar-refractivity contribution in [3.05, 3.63) is 24.3 Å². The van der Waals surface area contributed by atoms with E-state index in [0.29, 0.717) is 23.8 Å². The second-order valence-corrected chi connectivity index (χ2v) is 7.70. The van der Waals surface area contributed by atoms with Crippen LogP contribution in [-0.2, 0) is 9.84 Å². The Labute approximate surface area is 161 Å². The topological polar surface area (TPSA) is 79.8 Å². The molecule has 0 amide bonds. The van der Waals surface area contributed by atoms with E-state index in [0.717, 1.165) is 25.0 Å². The summed E-state index contributed by atoms with van der Waals surface area (Å²) in [5.41, 5.74) is 0. The van der Waals surface area contributed by atoms with Crippen LogP contribution >= 0.6 is 24.0 Å². The molecular weight excluding hydrogens is 441 g/mol. The minimum absolute atomic E-state index is 0. The number of aliphatic imine (C=N–C) groups is 1. The Balaban J connectivity index is 0.00000288. The molecule has 1 aliphatic rings. The maximum absolute atomic E-state index is 11.4. The van der Waals surface area contributed by atoms with Gasteiger partial charge in [0.1, 0.15) is 12.4 Å². The van der Waals surface area contributed by atoms with Crippen LogP contribution in [0.2, 0.25) is 0 Å². The molecule has 0 spiro atoms. The fraction of sp³-hybridized carbons (Fsp3) is 0.562. The van der Waals surface area contributed by atoms with Gasteiger partial charge in [0, 0.05) is 19.3 Å². The van der Waals surface area contributed by atoms with E-state index in [4.69, 9.17) is 4.74 Å². The molecule has 2 rings (SSSR count). The van der Waals surface area contributed by atoms with Gasteiger partial charge in [-0.2, -0.15) is 0 Å². The van der Waals surface area contributed by atoms with Gasteiger partial charge in [-0.15, -0.1) is 24.0 Å². The number of rotatable bonds is 8. The van der Waals surface area contributed by atoms with Gasteiger partial charge in [-0.3, -0.25) is 4.99 Å². The van der Waals surface area contributed by atoms with Gasteiger partial charge in [-0.05, 0) is 49.9 Å². The summed E-state index contributed by atoms with van der Waals surface area (Å²) >= 11 is 0. The molecule has 0 aromatic heterocycles. The highest BCUT2D eigenvalue weighted by atomic mass is 127. The summed E-state index contributed by atoms with van der Waals surface area (Å²) in [6.45, 7) is 4.85. The minimum Gasteiger partial charge on any atom is -0.492 e. The average Bonchev–Trinajstić information content (AvgIpc) is 3.33. The van der Waals surface area contributed by atoms with Crippen LogP contribution in [0.1, 0.15) is 19.8 Å². The van der Waals surface area contributed by atoms with E-state index in [1.807, 2.05) is 6.92 Å². The van der Waals surface area contributed by atoms with Crippen molar-refractivity contribution < 1.29 is 13.2 Å². The van der Waals surface area contributed by atoms with Gasteiger partial charge in [-0.1, -0.05) is 0 Å². The molecule has 6 nitrogen and oxygen atoms in total. The lowest BCUT2D eigenvalue weighted by Crippen LogP contribution is -2.39. The summed E-state index contributed by atoms with van der Waals surface area (Å²) in [5.74, 6) is 2.23. The highest BCUT2D eigenvalue weighted by molar-refractivity contribution is 14.0. The standard InChI is InChI=1S/C16H25N3O3S.HI/c1-3-17-16(19-12-13-4-5-13)18-10-11-22-14-6-8-15(9-7-14)23(2,20)21;/h6-9,13H,3-5,10-12H2,1-2H3,(H2,17,18,19);1H. The van der Waals surface area contributed by atoms with Gasteiger partial charge in [0.2, 0.25) is 0 Å². The first-order chi connectivity index (χ1) is 11.0. The second kappa shape index (κ2) is 10.1. The van der Waals surface area contributed by atoms with Crippen molar-refractivity contribution in [2.45, 2.75) is 24.7 Å². The molecule has 1 aromatic rings. The third kappa shape index (κ3) is 7.69. The normalized spacial score (nSPS) is 14.7. The minimum atomic E-state index is -3.16. The van der Waals surface area contributed by atoms with Crippen LogP contribution in [0.3, 0.4) is 0 Å². The molecule has 24 heavy (non-hydrogen) atoms. The quantitative estimate of drug-likeness (QED) is 0.265. The van der Waals surface area contributed by atoms with Crippen LogP contribution in [0, 0.1) is 5.92 Å². The maximum Gasteiger partial charge on any atom is 0.191 e. The smallest absolute Gasteiger partial charge is 0.191 e. The predicted octanol–water partition coefficient (Wildman–Crippen LogP) is 2.05. The summed E-state index contributed by atoms with van der Waals surface area (Å²) in [7, 11) is -3.16. The molecule has 1 aliphatic carbocycles. The Hall–Kier alpha value is -1.03. The number of hydrogen-bond acceptors (Lipinski definition) is 4. The van der Waals surface area contributed by atoms with Crippen molar-refractivity contribution in [2.75, 3.05) is 32.5 Å². The molecule has 0 saturated heterocycles. The molecule has 8 heteroatoms. The summed E-state index contributed by atoms with van der Waals surface area (Å²) in [6.07, 6.45) is 3.76. The average molecular weight is 467 g/mol. The maximum atomic E-state index is 11.4. The van der Waals surface area contributed by atoms with Gasteiger partial charge < -0.3 is 15.4 Å². The summed E-state index contributed by atoms with van der Waals surface area (Å²) < 4.78 is 28.4. The summed E-state index contributed by atoms with van der Waals surface area (Å²) in [4.78, 5) is 4.83. The molecule has 1 aromatic carbocycles. The number of benzene rings is 1. The zero-order valence-corrected chi connectivity index (χ0v) is 17.3.